The minimum absolute atomic E-state index is 0.00597. The molecule has 4 rings (SSSR count). The Labute approximate surface area is 180 Å². The fraction of sp³-hybridized carbons (Fsp3) is 0.261. The molecular weight excluding hydrogens is 396 g/mol. The van der Waals surface area contributed by atoms with E-state index < -0.39 is 0 Å². The van der Waals surface area contributed by atoms with Gasteiger partial charge in [-0.05, 0) is 44.0 Å². The number of nitrogens with one attached hydrogen (secondary N) is 1. The third-order valence-electron chi connectivity index (χ3n) is 4.91. The van der Waals surface area contributed by atoms with E-state index in [4.69, 9.17) is 9.84 Å². The monoisotopic (exact) mass is 420 g/mol. The van der Waals surface area contributed by atoms with Gasteiger partial charge < -0.3 is 10.1 Å². The zero-order valence-corrected chi connectivity index (χ0v) is 18.1. The molecule has 0 aliphatic carbocycles. The zero-order chi connectivity index (χ0) is 21.1. The van der Waals surface area contributed by atoms with Gasteiger partial charge in [-0.1, -0.05) is 54.2 Å². The molecular formula is C23H24N4O2S. The molecule has 0 amide bonds. The molecule has 0 saturated carbocycles. The average Bonchev–Trinajstić information content (AvgIpc) is 3.14. The normalized spacial score (nSPS) is 15.5. The second-order valence-corrected chi connectivity index (χ2v) is 8.01. The van der Waals surface area contributed by atoms with Gasteiger partial charge in [0.1, 0.15) is 11.8 Å². The average molecular weight is 421 g/mol. The number of allylic oxidation sites excluding steroid dienone is 2. The largest absolute Gasteiger partial charge is 0.494 e. The maximum atomic E-state index is 12.5. The van der Waals surface area contributed by atoms with Crippen LogP contribution in [0.3, 0.4) is 0 Å². The number of carbonyl (C=O) groups is 1. The highest BCUT2D eigenvalue weighted by molar-refractivity contribution is 7.98. The Kier molecular flexibility index (Phi) is 5.90. The van der Waals surface area contributed by atoms with Crippen LogP contribution in [0.5, 0.6) is 5.75 Å². The van der Waals surface area contributed by atoms with Crippen LogP contribution in [0.2, 0.25) is 0 Å². The van der Waals surface area contributed by atoms with Crippen molar-refractivity contribution in [3.8, 4) is 5.75 Å². The van der Waals surface area contributed by atoms with E-state index in [2.05, 4.69) is 22.4 Å². The van der Waals surface area contributed by atoms with Crippen LogP contribution in [0.15, 0.2) is 71.0 Å². The van der Waals surface area contributed by atoms with Gasteiger partial charge in [0, 0.05) is 17.0 Å². The Bertz CT molecular complexity index is 1090. The number of Topliss-reactive ketones (excluding diaryl/α,β-unsaturated/α-hetero) is 1. The predicted octanol–water partition coefficient (Wildman–Crippen LogP) is 4.85. The molecule has 1 unspecified atom stereocenters. The molecule has 0 saturated heterocycles. The maximum absolute atomic E-state index is 12.5. The first kappa shape index (κ1) is 20.2. The molecule has 154 valence electrons. The third kappa shape index (κ3) is 4.11. The minimum Gasteiger partial charge on any atom is -0.494 e. The fourth-order valence-electron chi connectivity index (χ4n) is 3.62. The van der Waals surface area contributed by atoms with Crippen LogP contribution >= 0.6 is 11.8 Å². The standard InChI is InChI=1S/C23H24N4O2S/c1-4-29-19-12-8-11-18(13-19)21-20(16(3)28)15(2)24-22-25-23(26-27(21)22)30-14-17-9-6-5-7-10-17/h5-13,21H,4,14H2,1-3H3,(H,24,25,26). The lowest BCUT2D eigenvalue weighted by Crippen LogP contribution is -2.27. The second kappa shape index (κ2) is 8.75. The Morgan fingerprint density at radius 1 is 1.20 bits per heavy atom. The van der Waals surface area contributed by atoms with Crippen LogP contribution in [-0.2, 0) is 10.5 Å². The number of aromatic nitrogens is 3. The van der Waals surface area contributed by atoms with Crippen LogP contribution < -0.4 is 10.1 Å². The van der Waals surface area contributed by atoms with Gasteiger partial charge >= 0.3 is 0 Å². The van der Waals surface area contributed by atoms with Crippen molar-refractivity contribution < 1.29 is 9.53 Å². The molecule has 2 heterocycles. The summed E-state index contributed by atoms with van der Waals surface area (Å²) in [5.74, 6) is 2.20. The lowest BCUT2D eigenvalue weighted by Gasteiger charge is -2.28. The van der Waals surface area contributed by atoms with Crippen molar-refractivity contribution >= 4 is 23.5 Å². The van der Waals surface area contributed by atoms with Crippen LogP contribution in [-0.4, -0.2) is 27.2 Å². The van der Waals surface area contributed by atoms with Gasteiger partial charge in [0.25, 0.3) is 0 Å². The Balaban J connectivity index is 1.70. The molecule has 0 radical (unpaired) electrons. The summed E-state index contributed by atoms with van der Waals surface area (Å²) >= 11 is 1.58. The highest BCUT2D eigenvalue weighted by Gasteiger charge is 2.32. The first-order valence-corrected chi connectivity index (χ1v) is 10.9. The van der Waals surface area contributed by atoms with E-state index in [1.807, 2.05) is 61.0 Å². The SMILES string of the molecule is CCOc1cccc(C2C(C(C)=O)=C(C)Nc3nc(SCc4ccccc4)nn32)c1. The summed E-state index contributed by atoms with van der Waals surface area (Å²) in [6.07, 6.45) is 0. The van der Waals surface area contributed by atoms with E-state index >= 15 is 0 Å². The van der Waals surface area contributed by atoms with E-state index in [0.717, 1.165) is 22.8 Å². The molecule has 1 aliphatic rings. The lowest BCUT2D eigenvalue weighted by molar-refractivity contribution is -0.114. The summed E-state index contributed by atoms with van der Waals surface area (Å²) < 4.78 is 7.48. The summed E-state index contributed by atoms with van der Waals surface area (Å²) in [7, 11) is 0. The summed E-state index contributed by atoms with van der Waals surface area (Å²) in [5.41, 5.74) is 3.63. The second-order valence-electron chi connectivity index (χ2n) is 7.06. The van der Waals surface area contributed by atoms with Crippen LogP contribution in [0.4, 0.5) is 5.95 Å². The van der Waals surface area contributed by atoms with Gasteiger partial charge in [0.05, 0.1) is 6.61 Å². The maximum Gasteiger partial charge on any atom is 0.227 e. The number of benzene rings is 2. The number of thioether (sulfide) groups is 1. The molecule has 1 aliphatic heterocycles. The number of ketones is 1. The third-order valence-corrected chi connectivity index (χ3v) is 5.82. The number of carbonyl (C=O) groups excluding carboxylic acids is 1. The Morgan fingerprint density at radius 2 is 2.00 bits per heavy atom. The van der Waals surface area contributed by atoms with Crippen molar-refractivity contribution in [1.29, 1.82) is 0 Å². The first-order valence-electron chi connectivity index (χ1n) is 9.91. The van der Waals surface area contributed by atoms with Gasteiger partial charge in [-0.15, -0.1) is 5.10 Å². The number of anilines is 1. The molecule has 1 N–H and O–H groups in total. The number of hydrogen-bond donors (Lipinski definition) is 1. The number of hydrogen-bond acceptors (Lipinski definition) is 6. The molecule has 7 heteroatoms. The number of rotatable bonds is 7. The van der Waals surface area contributed by atoms with Crippen molar-refractivity contribution in [2.75, 3.05) is 11.9 Å². The molecule has 0 spiro atoms. The molecule has 0 fully saturated rings. The topological polar surface area (TPSA) is 69.0 Å². The minimum atomic E-state index is -0.349. The van der Waals surface area contributed by atoms with Crippen LogP contribution in [0.1, 0.15) is 37.9 Å². The van der Waals surface area contributed by atoms with E-state index in [1.165, 1.54) is 5.56 Å². The smallest absolute Gasteiger partial charge is 0.227 e. The van der Waals surface area contributed by atoms with Crippen molar-refractivity contribution in [2.24, 2.45) is 0 Å². The fourth-order valence-corrected chi connectivity index (χ4v) is 4.41. The van der Waals surface area contributed by atoms with E-state index in [-0.39, 0.29) is 11.8 Å². The summed E-state index contributed by atoms with van der Waals surface area (Å²) in [4.78, 5) is 17.2. The highest BCUT2D eigenvalue weighted by atomic mass is 32.2. The van der Waals surface area contributed by atoms with Crippen molar-refractivity contribution in [1.82, 2.24) is 14.8 Å². The van der Waals surface area contributed by atoms with Gasteiger partial charge in [-0.25, -0.2) is 4.68 Å². The molecule has 0 bridgehead atoms. The lowest BCUT2D eigenvalue weighted by atomic mass is 9.93. The molecule has 1 aromatic heterocycles. The molecule has 3 aromatic rings. The number of ether oxygens (including phenoxy) is 1. The molecule has 30 heavy (non-hydrogen) atoms. The summed E-state index contributed by atoms with van der Waals surface area (Å²) in [6, 6.07) is 17.7. The van der Waals surface area contributed by atoms with E-state index in [0.29, 0.717) is 23.3 Å². The molecule has 1 atom stereocenters. The highest BCUT2D eigenvalue weighted by Crippen LogP contribution is 2.37. The van der Waals surface area contributed by atoms with Crippen LogP contribution in [0, 0.1) is 0 Å². The Morgan fingerprint density at radius 3 is 2.73 bits per heavy atom. The summed E-state index contributed by atoms with van der Waals surface area (Å²) in [6.45, 7) is 6.03. The van der Waals surface area contributed by atoms with Gasteiger partial charge in [-0.3, -0.25) is 4.79 Å². The van der Waals surface area contributed by atoms with E-state index in [9.17, 15) is 4.79 Å². The number of fused-ring (bicyclic) bond motifs is 1. The van der Waals surface area contributed by atoms with Gasteiger partial charge in [0.2, 0.25) is 11.1 Å². The first-order chi connectivity index (χ1) is 14.6. The summed E-state index contributed by atoms with van der Waals surface area (Å²) in [5, 5.41) is 8.67. The molecule has 6 nitrogen and oxygen atoms in total. The number of nitrogens with zero attached hydrogens (tertiary/aromatic N) is 3. The van der Waals surface area contributed by atoms with Crippen LogP contribution in [0.25, 0.3) is 0 Å². The van der Waals surface area contributed by atoms with Crippen molar-refractivity contribution in [3.63, 3.8) is 0 Å². The quantitative estimate of drug-likeness (QED) is 0.551. The Hall–Kier alpha value is -3.06. The molecule has 2 aromatic carbocycles. The van der Waals surface area contributed by atoms with Gasteiger partial charge in [-0.2, -0.15) is 4.98 Å². The van der Waals surface area contributed by atoms with E-state index in [1.54, 1.807) is 18.7 Å². The van der Waals surface area contributed by atoms with Gasteiger partial charge in [0.15, 0.2) is 5.78 Å². The zero-order valence-electron chi connectivity index (χ0n) is 17.3. The van der Waals surface area contributed by atoms with Crippen molar-refractivity contribution in [2.45, 2.75) is 37.7 Å². The predicted molar refractivity (Wildman–Crippen MR) is 119 cm³/mol. The van der Waals surface area contributed by atoms with Crippen molar-refractivity contribution in [3.05, 3.63) is 77.0 Å².